The monoisotopic (exact) mass is 288 g/mol. The van der Waals surface area contributed by atoms with Gasteiger partial charge in [0.15, 0.2) is 0 Å². The van der Waals surface area contributed by atoms with Gasteiger partial charge in [-0.15, -0.1) is 0 Å². The molecule has 2 amide bonds. The Labute approximate surface area is 124 Å². The highest BCUT2D eigenvalue weighted by molar-refractivity contribution is 6.00. The summed E-state index contributed by atoms with van der Waals surface area (Å²) in [6.07, 6.45) is 5.39. The Morgan fingerprint density at radius 1 is 1.24 bits per heavy atom. The highest BCUT2D eigenvalue weighted by atomic mass is 16.5. The van der Waals surface area contributed by atoms with Gasteiger partial charge in [-0.1, -0.05) is 19.3 Å². The highest BCUT2D eigenvalue weighted by Gasteiger charge is 2.22. The van der Waals surface area contributed by atoms with E-state index < -0.39 is 0 Å². The standard InChI is InChI=1S/C16H20N2O3/c19-15(11-4-2-1-3-5-11)18-12-6-7-14-13(10-12)16(20)17-8-9-21-14/h6-7,10-11H,1-5,8-9H2,(H,17,20)(H,18,19). The van der Waals surface area contributed by atoms with Crippen molar-refractivity contribution < 1.29 is 14.3 Å². The van der Waals surface area contributed by atoms with Crippen LogP contribution >= 0.6 is 0 Å². The lowest BCUT2D eigenvalue weighted by atomic mass is 9.88. The van der Waals surface area contributed by atoms with Crippen LogP contribution < -0.4 is 15.4 Å². The third-order valence-electron chi connectivity index (χ3n) is 4.11. The molecule has 0 unspecified atom stereocenters. The Morgan fingerprint density at radius 3 is 2.86 bits per heavy atom. The van der Waals surface area contributed by atoms with Gasteiger partial charge in [0.05, 0.1) is 12.1 Å². The molecular weight excluding hydrogens is 268 g/mol. The van der Waals surface area contributed by atoms with Crippen LogP contribution in [-0.4, -0.2) is 25.0 Å². The SMILES string of the molecule is O=C1NCCOc2ccc(NC(=O)C3CCCCC3)cc21. The Morgan fingerprint density at radius 2 is 2.05 bits per heavy atom. The van der Waals surface area contributed by atoms with Crippen LogP contribution in [0.2, 0.25) is 0 Å². The first-order valence-electron chi connectivity index (χ1n) is 7.60. The van der Waals surface area contributed by atoms with Gasteiger partial charge in [-0.05, 0) is 31.0 Å². The van der Waals surface area contributed by atoms with E-state index in [-0.39, 0.29) is 17.7 Å². The molecule has 0 saturated heterocycles. The number of amides is 2. The van der Waals surface area contributed by atoms with E-state index in [1.165, 1.54) is 6.42 Å². The van der Waals surface area contributed by atoms with Crippen LogP contribution in [0.4, 0.5) is 5.69 Å². The minimum Gasteiger partial charge on any atom is -0.491 e. The van der Waals surface area contributed by atoms with Gasteiger partial charge in [0, 0.05) is 11.6 Å². The summed E-state index contributed by atoms with van der Waals surface area (Å²) in [6.45, 7) is 0.962. The lowest BCUT2D eigenvalue weighted by Crippen LogP contribution is -2.25. The van der Waals surface area contributed by atoms with E-state index >= 15 is 0 Å². The lowest BCUT2D eigenvalue weighted by molar-refractivity contribution is -0.120. The van der Waals surface area contributed by atoms with Crippen LogP contribution in [-0.2, 0) is 4.79 Å². The molecule has 0 spiro atoms. The number of carbonyl (C=O) groups excluding carboxylic acids is 2. The van der Waals surface area contributed by atoms with E-state index in [1.54, 1.807) is 18.2 Å². The third-order valence-corrected chi connectivity index (χ3v) is 4.11. The highest BCUT2D eigenvalue weighted by Crippen LogP contribution is 2.27. The normalized spacial score (nSPS) is 19.0. The summed E-state index contributed by atoms with van der Waals surface area (Å²) in [6, 6.07) is 5.23. The van der Waals surface area contributed by atoms with Crippen molar-refractivity contribution in [1.82, 2.24) is 5.32 Å². The molecule has 1 aromatic carbocycles. The van der Waals surface area contributed by atoms with E-state index in [9.17, 15) is 9.59 Å². The molecule has 1 fully saturated rings. The average Bonchev–Trinajstić information content (AvgIpc) is 2.70. The summed E-state index contributed by atoms with van der Waals surface area (Å²) in [4.78, 5) is 24.2. The van der Waals surface area contributed by atoms with Gasteiger partial charge < -0.3 is 15.4 Å². The molecule has 1 saturated carbocycles. The number of anilines is 1. The fourth-order valence-corrected chi connectivity index (χ4v) is 2.94. The van der Waals surface area contributed by atoms with Gasteiger partial charge in [0.1, 0.15) is 12.4 Å². The smallest absolute Gasteiger partial charge is 0.255 e. The fraction of sp³-hybridized carbons (Fsp3) is 0.500. The van der Waals surface area contributed by atoms with Crippen molar-refractivity contribution in [2.75, 3.05) is 18.5 Å². The second-order valence-corrected chi connectivity index (χ2v) is 5.64. The molecule has 1 heterocycles. The zero-order valence-electron chi connectivity index (χ0n) is 12.0. The first-order chi connectivity index (χ1) is 10.2. The third kappa shape index (κ3) is 3.17. The number of hydrogen-bond donors (Lipinski definition) is 2. The number of benzene rings is 1. The largest absolute Gasteiger partial charge is 0.491 e. The van der Waals surface area contributed by atoms with Crippen molar-refractivity contribution in [3.05, 3.63) is 23.8 Å². The maximum atomic E-state index is 12.2. The lowest BCUT2D eigenvalue weighted by Gasteiger charge is -2.21. The molecule has 112 valence electrons. The average molecular weight is 288 g/mol. The van der Waals surface area contributed by atoms with Crippen molar-refractivity contribution in [2.24, 2.45) is 5.92 Å². The summed E-state index contributed by atoms with van der Waals surface area (Å²) in [5, 5.41) is 5.70. The van der Waals surface area contributed by atoms with Gasteiger partial charge in [-0.3, -0.25) is 9.59 Å². The van der Waals surface area contributed by atoms with Crippen LogP contribution in [0, 0.1) is 5.92 Å². The number of ether oxygens (including phenoxy) is 1. The molecule has 5 nitrogen and oxygen atoms in total. The zero-order chi connectivity index (χ0) is 14.7. The van der Waals surface area contributed by atoms with Crippen molar-refractivity contribution in [1.29, 1.82) is 0 Å². The van der Waals surface area contributed by atoms with Gasteiger partial charge >= 0.3 is 0 Å². The Balaban J connectivity index is 1.74. The van der Waals surface area contributed by atoms with E-state index in [4.69, 9.17) is 4.74 Å². The summed E-state index contributed by atoms with van der Waals surface area (Å²) in [5.41, 5.74) is 1.14. The maximum Gasteiger partial charge on any atom is 0.255 e. The zero-order valence-corrected chi connectivity index (χ0v) is 12.0. The predicted molar refractivity (Wildman–Crippen MR) is 79.5 cm³/mol. The van der Waals surface area contributed by atoms with Crippen LogP contribution in [0.3, 0.4) is 0 Å². The summed E-state index contributed by atoms with van der Waals surface area (Å²) in [7, 11) is 0. The predicted octanol–water partition coefficient (Wildman–Crippen LogP) is 2.33. The topological polar surface area (TPSA) is 67.4 Å². The fourth-order valence-electron chi connectivity index (χ4n) is 2.94. The number of fused-ring (bicyclic) bond motifs is 1. The van der Waals surface area contributed by atoms with Gasteiger partial charge in [0.2, 0.25) is 5.91 Å². The van der Waals surface area contributed by atoms with E-state index in [1.807, 2.05) is 0 Å². The van der Waals surface area contributed by atoms with Crippen LogP contribution in [0.5, 0.6) is 5.75 Å². The molecule has 5 heteroatoms. The van der Waals surface area contributed by atoms with Crippen LogP contribution in [0.25, 0.3) is 0 Å². The molecule has 0 bridgehead atoms. The van der Waals surface area contributed by atoms with Gasteiger partial charge in [0.25, 0.3) is 5.91 Å². The summed E-state index contributed by atoms with van der Waals surface area (Å²) < 4.78 is 5.50. The molecule has 0 aromatic heterocycles. The van der Waals surface area contributed by atoms with Gasteiger partial charge in [-0.25, -0.2) is 0 Å². The Kier molecular flexibility index (Phi) is 4.08. The Hall–Kier alpha value is -2.04. The van der Waals surface area contributed by atoms with E-state index in [2.05, 4.69) is 10.6 Å². The first-order valence-corrected chi connectivity index (χ1v) is 7.60. The molecule has 0 atom stereocenters. The van der Waals surface area contributed by atoms with Crippen molar-refractivity contribution in [3.63, 3.8) is 0 Å². The van der Waals surface area contributed by atoms with Crippen molar-refractivity contribution >= 4 is 17.5 Å². The molecule has 1 aliphatic carbocycles. The summed E-state index contributed by atoms with van der Waals surface area (Å²) >= 11 is 0. The van der Waals surface area contributed by atoms with Crippen LogP contribution in [0.15, 0.2) is 18.2 Å². The molecule has 1 aromatic rings. The first kappa shape index (κ1) is 13.9. The maximum absolute atomic E-state index is 12.2. The van der Waals surface area contributed by atoms with Crippen LogP contribution in [0.1, 0.15) is 42.5 Å². The minimum absolute atomic E-state index is 0.0598. The molecule has 2 aliphatic rings. The van der Waals surface area contributed by atoms with E-state index in [0.717, 1.165) is 25.7 Å². The minimum atomic E-state index is -0.156. The second kappa shape index (κ2) is 6.16. The number of carbonyl (C=O) groups is 2. The van der Waals surface area contributed by atoms with E-state index in [0.29, 0.717) is 30.2 Å². The van der Waals surface area contributed by atoms with Crippen molar-refractivity contribution in [2.45, 2.75) is 32.1 Å². The molecule has 2 N–H and O–H groups in total. The quantitative estimate of drug-likeness (QED) is 0.877. The molecule has 1 aliphatic heterocycles. The number of nitrogens with one attached hydrogen (secondary N) is 2. The number of hydrogen-bond acceptors (Lipinski definition) is 3. The second-order valence-electron chi connectivity index (χ2n) is 5.64. The van der Waals surface area contributed by atoms with Crippen molar-refractivity contribution in [3.8, 4) is 5.75 Å². The summed E-state index contributed by atoms with van der Waals surface area (Å²) in [5.74, 6) is 0.573. The number of rotatable bonds is 2. The molecule has 3 rings (SSSR count). The Bertz CT molecular complexity index is 550. The van der Waals surface area contributed by atoms with Gasteiger partial charge in [-0.2, -0.15) is 0 Å². The molecule has 21 heavy (non-hydrogen) atoms. The molecular formula is C16H20N2O3. The molecule has 0 radical (unpaired) electrons.